The minimum Gasteiger partial charge on any atom is -0.347 e. The van der Waals surface area contributed by atoms with Gasteiger partial charge in [-0.1, -0.05) is 42.5 Å². The molecule has 2 aromatic carbocycles. The molecule has 0 aliphatic rings. The number of rotatable bonds is 4. The van der Waals surface area contributed by atoms with Crippen molar-refractivity contribution in [1.29, 1.82) is 5.26 Å². The first-order valence-electron chi connectivity index (χ1n) is 7.67. The summed E-state index contributed by atoms with van der Waals surface area (Å²) in [6.45, 7) is 0.490. The molecule has 4 nitrogen and oxygen atoms in total. The van der Waals surface area contributed by atoms with Gasteiger partial charge < -0.3 is 9.88 Å². The number of hydrogen-bond donors (Lipinski definition) is 1. The molecule has 0 atom stereocenters. The number of carbonyl (C=O) groups is 1. The van der Waals surface area contributed by atoms with Gasteiger partial charge in [0.05, 0.1) is 11.6 Å². The lowest BCUT2D eigenvalue weighted by Gasteiger charge is -2.09. The highest BCUT2D eigenvalue weighted by atomic mass is 16.1. The highest BCUT2D eigenvalue weighted by molar-refractivity contribution is 5.93. The average Bonchev–Trinajstić information content (AvgIpc) is 3.02. The lowest BCUT2D eigenvalue weighted by atomic mass is 10.1. The molecule has 118 valence electrons. The van der Waals surface area contributed by atoms with Crippen LogP contribution in [0.15, 0.2) is 66.7 Å². The topological polar surface area (TPSA) is 57.8 Å². The fourth-order valence-corrected chi connectivity index (χ4v) is 2.65. The normalized spacial score (nSPS) is 10.2. The Kier molecular flexibility index (Phi) is 4.44. The number of hydrogen-bond acceptors (Lipinski definition) is 2. The van der Waals surface area contributed by atoms with E-state index < -0.39 is 0 Å². The first-order chi connectivity index (χ1) is 11.7. The Morgan fingerprint density at radius 3 is 2.62 bits per heavy atom. The molecule has 0 radical (unpaired) electrons. The standard InChI is InChI=1S/C20H17N3O/c1-23-18(17-9-5-8-16(12-17)13-21)10-11-19(23)20(24)22-14-15-6-3-2-4-7-15/h2-12H,14H2,1H3,(H,22,24). The first-order valence-corrected chi connectivity index (χ1v) is 7.67. The van der Waals surface area contributed by atoms with Gasteiger partial charge in [-0.15, -0.1) is 0 Å². The van der Waals surface area contributed by atoms with Gasteiger partial charge in [0.1, 0.15) is 5.69 Å². The van der Waals surface area contributed by atoms with Crippen LogP contribution in [0.3, 0.4) is 0 Å². The van der Waals surface area contributed by atoms with Gasteiger partial charge in [0.2, 0.25) is 0 Å². The zero-order chi connectivity index (χ0) is 16.9. The monoisotopic (exact) mass is 315 g/mol. The summed E-state index contributed by atoms with van der Waals surface area (Å²) in [6.07, 6.45) is 0. The van der Waals surface area contributed by atoms with E-state index in [1.165, 1.54) is 0 Å². The second kappa shape index (κ2) is 6.84. The summed E-state index contributed by atoms with van der Waals surface area (Å²) in [5.41, 5.74) is 4.06. The molecular formula is C20H17N3O. The van der Waals surface area contributed by atoms with Gasteiger partial charge in [-0.25, -0.2) is 0 Å². The van der Waals surface area contributed by atoms with Crippen molar-refractivity contribution in [2.75, 3.05) is 0 Å². The number of carbonyl (C=O) groups excluding carboxylic acids is 1. The maximum Gasteiger partial charge on any atom is 0.268 e. The Morgan fingerprint density at radius 1 is 1.08 bits per heavy atom. The third kappa shape index (κ3) is 3.21. The van der Waals surface area contributed by atoms with Crippen LogP contribution in [-0.4, -0.2) is 10.5 Å². The highest BCUT2D eigenvalue weighted by Crippen LogP contribution is 2.22. The number of aromatic nitrogens is 1. The number of benzene rings is 2. The van der Waals surface area contributed by atoms with E-state index in [4.69, 9.17) is 5.26 Å². The molecule has 3 rings (SSSR count). The number of nitrogens with zero attached hydrogens (tertiary/aromatic N) is 2. The maximum atomic E-state index is 12.4. The molecule has 3 aromatic rings. The van der Waals surface area contributed by atoms with E-state index in [1.54, 1.807) is 12.1 Å². The van der Waals surface area contributed by atoms with Gasteiger partial charge >= 0.3 is 0 Å². The smallest absolute Gasteiger partial charge is 0.268 e. The third-order valence-corrected chi connectivity index (χ3v) is 3.94. The molecule has 0 bridgehead atoms. The van der Waals surface area contributed by atoms with Gasteiger partial charge in [-0.05, 0) is 35.4 Å². The number of nitriles is 1. The minimum atomic E-state index is -0.121. The molecule has 24 heavy (non-hydrogen) atoms. The zero-order valence-corrected chi connectivity index (χ0v) is 13.4. The van der Waals surface area contributed by atoms with Gasteiger partial charge in [0.15, 0.2) is 0 Å². The van der Waals surface area contributed by atoms with Gasteiger partial charge in [-0.3, -0.25) is 4.79 Å². The first kappa shape index (κ1) is 15.6. The fraction of sp³-hybridized carbons (Fsp3) is 0.100. The van der Waals surface area contributed by atoms with E-state index in [0.29, 0.717) is 17.8 Å². The van der Waals surface area contributed by atoms with Crippen LogP contribution in [0, 0.1) is 11.3 Å². The van der Waals surface area contributed by atoms with Crippen molar-refractivity contribution >= 4 is 5.91 Å². The van der Waals surface area contributed by atoms with Crippen molar-refractivity contribution in [1.82, 2.24) is 9.88 Å². The molecular weight excluding hydrogens is 298 g/mol. The SMILES string of the molecule is Cn1c(C(=O)NCc2ccccc2)ccc1-c1cccc(C#N)c1. The minimum absolute atomic E-state index is 0.121. The van der Waals surface area contributed by atoms with Crippen LogP contribution in [0.2, 0.25) is 0 Å². The maximum absolute atomic E-state index is 12.4. The van der Waals surface area contributed by atoms with Crippen LogP contribution in [0.1, 0.15) is 21.6 Å². The predicted octanol–water partition coefficient (Wildman–Crippen LogP) is 3.49. The largest absolute Gasteiger partial charge is 0.347 e. The van der Waals surface area contributed by atoms with Gasteiger partial charge in [-0.2, -0.15) is 5.26 Å². The van der Waals surface area contributed by atoms with Crippen LogP contribution in [0.25, 0.3) is 11.3 Å². The molecule has 0 fully saturated rings. The third-order valence-electron chi connectivity index (χ3n) is 3.94. The predicted molar refractivity (Wildman–Crippen MR) is 93.2 cm³/mol. The van der Waals surface area contributed by atoms with E-state index in [2.05, 4.69) is 11.4 Å². The van der Waals surface area contributed by atoms with Crippen molar-refractivity contribution in [3.8, 4) is 17.3 Å². The van der Waals surface area contributed by atoms with Crippen molar-refractivity contribution < 1.29 is 4.79 Å². The highest BCUT2D eigenvalue weighted by Gasteiger charge is 2.13. The molecule has 0 spiro atoms. The Morgan fingerprint density at radius 2 is 1.88 bits per heavy atom. The van der Waals surface area contributed by atoms with Crippen molar-refractivity contribution in [3.05, 3.63) is 83.6 Å². The van der Waals surface area contributed by atoms with Crippen LogP contribution in [0.4, 0.5) is 0 Å². The number of nitrogens with one attached hydrogen (secondary N) is 1. The summed E-state index contributed by atoms with van der Waals surface area (Å²) in [7, 11) is 1.85. The zero-order valence-electron chi connectivity index (χ0n) is 13.4. The van der Waals surface area contributed by atoms with Crippen molar-refractivity contribution in [2.45, 2.75) is 6.54 Å². The Balaban J connectivity index is 1.79. The van der Waals surface area contributed by atoms with Gasteiger partial charge in [0, 0.05) is 19.3 Å². The Hall–Kier alpha value is -3.32. The number of amides is 1. The lowest BCUT2D eigenvalue weighted by molar-refractivity contribution is 0.0943. The summed E-state index contributed by atoms with van der Waals surface area (Å²) in [5.74, 6) is -0.121. The molecule has 1 amide bonds. The van der Waals surface area contributed by atoms with Crippen molar-refractivity contribution in [2.24, 2.45) is 7.05 Å². The van der Waals surface area contributed by atoms with E-state index >= 15 is 0 Å². The van der Waals surface area contributed by atoms with Crippen LogP contribution in [0.5, 0.6) is 0 Å². The van der Waals surface area contributed by atoms with E-state index in [1.807, 2.05) is 66.2 Å². The van der Waals surface area contributed by atoms with E-state index in [0.717, 1.165) is 16.8 Å². The van der Waals surface area contributed by atoms with Crippen LogP contribution < -0.4 is 5.32 Å². The van der Waals surface area contributed by atoms with Gasteiger partial charge in [0.25, 0.3) is 5.91 Å². The summed E-state index contributed by atoms with van der Waals surface area (Å²) in [4.78, 5) is 12.4. The molecule has 0 aliphatic carbocycles. The van der Waals surface area contributed by atoms with E-state index in [-0.39, 0.29) is 5.91 Å². The molecule has 0 saturated carbocycles. The molecule has 0 saturated heterocycles. The quantitative estimate of drug-likeness (QED) is 0.801. The fourth-order valence-electron chi connectivity index (χ4n) is 2.65. The average molecular weight is 315 g/mol. The van der Waals surface area contributed by atoms with Crippen LogP contribution in [-0.2, 0) is 13.6 Å². The Labute approximate surface area is 141 Å². The second-order valence-corrected chi connectivity index (χ2v) is 5.52. The molecule has 0 aliphatic heterocycles. The summed E-state index contributed by atoms with van der Waals surface area (Å²) in [6, 6.07) is 23.0. The Bertz CT molecular complexity index is 904. The molecule has 1 N–H and O–H groups in total. The summed E-state index contributed by atoms with van der Waals surface area (Å²) < 4.78 is 1.84. The molecule has 1 aromatic heterocycles. The molecule has 0 unspecified atom stereocenters. The lowest BCUT2D eigenvalue weighted by Crippen LogP contribution is -2.24. The van der Waals surface area contributed by atoms with E-state index in [9.17, 15) is 4.79 Å². The van der Waals surface area contributed by atoms with Crippen LogP contribution >= 0.6 is 0 Å². The van der Waals surface area contributed by atoms with Crippen molar-refractivity contribution in [3.63, 3.8) is 0 Å². The summed E-state index contributed by atoms with van der Waals surface area (Å²) in [5, 5.41) is 12.0. The summed E-state index contributed by atoms with van der Waals surface area (Å²) >= 11 is 0. The molecule has 1 heterocycles. The molecule has 4 heteroatoms. The second-order valence-electron chi connectivity index (χ2n) is 5.52.